The number of nitrogens with one attached hydrogen (secondary N) is 1. The van der Waals surface area contributed by atoms with Crippen LogP contribution in [0.25, 0.3) is 0 Å². The Morgan fingerprint density at radius 3 is 2.64 bits per heavy atom. The zero-order valence-electron chi connectivity index (χ0n) is 13.6. The molecule has 1 aliphatic rings. The van der Waals surface area contributed by atoms with Gasteiger partial charge in [-0.1, -0.05) is 24.3 Å². The lowest BCUT2D eigenvalue weighted by molar-refractivity contribution is 0.134. The van der Waals surface area contributed by atoms with Crippen LogP contribution in [0.15, 0.2) is 29.3 Å². The van der Waals surface area contributed by atoms with Crippen LogP contribution in [0.2, 0.25) is 0 Å². The molecular formula is C17H27N3O2. The van der Waals surface area contributed by atoms with Crippen LogP contribution in [0, 0.1) is 0 Å². The van der Waals surface area contributed by atoms with E-state index in [1.807, 2.05) is 6.92 Å². The highest BCUT2D eigenvalue weighted by Gasteiger charge is 2.22. The molecule has 0 bridgehead atoms. The largest absolute Gasteiger partial charge is 0.391 e. The second kappa shape index (κ2) is 8.76. The molecule has 1 atom stereocenters. The summed E-state index contributed by atoms with van der Waals surface area (Å²) >= 11 is 0. The van der Waals surface area contributed by atoms with Gasteiger partial charge < -0.3 is 20.1 Å². The zero-order chi connectivity index (χ0) is 15.8. The molecule has 1 aliphatic heterocycles. The molecule has 1 heterocycles. The Bertz CT molecular complexity index is 473. The highest BCUT2D eigenvalue weighted by Crippen LogP contribution is 2.11. The van der Waals surface area contributed by atoms with Crippen LogP contribution >= 0.6 is 0 Å². The molecule has 2 N–H and O–H groups in total. The first-order valence-corrected chi connectivity index (χ1v) is 8.09. The van der Waals surface area contributed by atoms with Crippen molar-refractivity contribution >= 4 is 5.96 Å². The van der Waals surface area contributed by atoms with Gasteiger partial charge in [0.25, 0.3) is 0 Å². The number of likely N-dealkylation sites (tertiary alicyclic amines) is 1. The first kappa shape index (κ1) is 16.8. The molecule has 1 fully saturated rings. The van der Waals surface area contributed by atoms with Crippen molar-refractivity contribution in [3.63, 3.8) is 0 Å². The smallest absolute Gasteiger partial charge is 0.194 e. The lowest BCUT2D eigenvalue weighted by Gasteiger charge is -2.20. The summed E-state index contributed by atoms with van der Waals surface area (Å²) in [7, 11) is 0. The molecule has 2 rings (SSSR count). The lowest BCUT2D eigenvalue weighted by atomic mass is 10.1. The molecule has 5 heteroatoms. The van der Waals surface area contributed by atoms with E-state index in [-0.39, 0.29) is 6.10 Å². The van der Waals surface area contributed by atoms with Gasteiger partial charge in [0.05, 0.1) is 19.3 Å². The molecule has 5 nitrogen and oxygen atoms in total. The summed E-state index contributed by atoms with van der Waals surface area (Å²) in [5.41, 5.74) is 2.36. The summed E-state index contributed by atoms with van der Waals surface area (Å²) in [4.78, 5) is 6.80. The monoisotopic (exact) mass is 305 g/mol. The van der Waals surface area contributed by atoms with Gasteiger partial charge >= 0.3 is 0 Å². The fraction of sp³-hybridized carbons (Fsp3) is 0.588. The Kier molecular flexibility index (Phi) is 6.68. The second-order valence-corrected chi connectivity index (χ2v) is 5.51. The SMILES string of the molecule is CCNC(=NCc1ccc(COCC)cc1)N1CC[C@@H](O)C1. The number of ether oxygens (including phenoxy) is 1. The summed E-state index contributed by atoms with van der Waals surface area (Å²) < 4.78 is 5.40. The number of benzene rings is 1. The van der Waals surface area contributed by atoms with Gasteiger partial charge in [0.1, 0.15) is 0 Å². The van der Waals surface area contributed by atoms with Crippen molar-refractivity contribution in [2.24, 2.45) is 4.99 Å². The topological polar surface area (TPSA) is 57.1 Å². The van der Waals surface area contributed by atoms with E-state index in [1.165, 1.54) is 11.1 Å². The van der Waals surface area contributed by atoms with E-state index in [2.05, 4.69) is 46.4 Å². The molecular weight excluding hydrogens is 278 g/mol. The van der Waals surface area contributed by atoms with Crippen molar-refractivity contribution in [1.29, 1.82) is 0 Å². The van der Waals surface area contributed by atoms with Gasteiger partial charge in [0.15, 0.2) is 5.96 Å². The third kappa shape index (κ3) is 5.00. The van der Waals surface area contributed by atoms with E-state index in [1.54, 1.807) is 0 Å². The number of aliphatic imine (C=N–C) groups is 1. The van der Waals surface area contributed by atoms with E-state index in [9.17, 15) is 5.11 Å². The molecule has 0 unspecified atom stereocenters. The number of β-amino-alcohol motifs (C(OH)–C–C–N with tert-alkyl or cyclic N) is 1. The fourth-order valence-corrected chi connectivity index (χ4v) is 2.49. The highest BCUT2D eigenvalue weighted by atomic mass is 16.5. The van der Waals surface area contributed by atoms with E-state index in [0.717, 1.165) is 32.1 Å². The molecule has 0 aromatic heterocycles. The maximum absolute atomic E-state index is 9.67. The first-order chi connectivity index (χ1) is 10.7. The first-order valence-electron chi connectivity index (χ1n) is 8.09. The Morgan fingerprint density at radius 1 is 1.32 bits per heavy atom. The lowest BCUT2D eigenvalue weighted by Crippen LogP contribution is -2.40. The van der Waals surface area contributed by atoms with Crippen molar-refractivity contribution < 1.29 is 9.84 Å². The van der Waals surface area contributed by atoms with Gasteiger partial charge in [-0.3, -0.25) is 0 Å². The van der Waals surface area contributed by atoms with Crippen molar-refractivity contribution in [1.82, 2.24) is 10.2 Å². The number of hydrogen-bond donors (Lipinski definition) is 2. The number of hydrogen-bond acceptors (Lipinski definition) is 3. The molecule has 0 spiro atoms. The minimum absolute atomic E-state index is 0.235. The Labute approximate surface area is 133 Å². The number of guanidine groups is 1. The average Bonchev–Trinajstić information content (AvgIpc) is 2.97. The minimum Gasteiger partial charge on any atom is -0.391 e. The zero-order valence-corrected chi connectivity index (χ0v) is 13.6. The maximum atomic E-state index is 9.67. The van der Waals surface area contributed by atoms with E-state index in [0.29, 0.717) is 19.7 Å². The van der Waals surface area contributed by atoms with Crippen LogP contribution in [0.1, 0.15) is 31.4 Å². The quantitative estimate of drug-likeness (QED) is 0.621. The molecule has 22 heavy (non-hydrogen) atoms. The number of aliphatic hydroxyl groups excluding tert-OH is 1. The Morgan fingerprint density at radius 2 is 2.05 bits per heavy atom. The fourth-order valence-electron chi connectivity index (χ4n) is 2.49. The molecule has 0 radical (unpaired) electrons. The normalized spacial score (nSPS) is 18.8. The summed E-state index contributed by atoms with van der Waals surface area (Å²) in [6, 6.07) is 8.38. The van der Waals surface area contributed by atoms with E-state index >= 15 is 0 Å². The molecule has 1 saturated heterocycles. The molecule has 0 amide bonds. The van der Waals surface area contributed by atoms with Gasteiger partial charge in [-0.2, -0.15) is 0 Å². The molecule has 0 aliphatic carbocycles. The van der Waals surface area contributed by atoms with Crippen LogP contribution in [-0.2, 0) is 17.9 Å². The number of nitrogens with zero attached hydrogens (tertiary/aromatic N) is 2. The predicted molar refractivity (Wildman–Crippen MR) is 88.8 cm³/mol. The van der Waals surface area contributed by atoms with Gasteiger partial charge in [0.2, 0.25) is 0 Å². The Hall–Kier alpha value is -1.59. The molecule has 0 saturated carbocycles. The third-order valence-electron chi connectivity index (χ3n) is 3.71. The predicted octanol–water partition coefficient (Wildman–Crippen LogP) is 1.76. The third-order valence-corrected chi connectivity index (χ3v) is 3.71. The maximum Gasteiger partial charge on any atom is 0.194 e. The second-order valence-electron chi connectivity index (χ2n) is 5.51. The van der Waals surface area contributed by atoms with Crippen LogP contribution in [0.5, 0.6) is 0 Å². The van der Waals surface area contributed by atoms with Crippen molar-refractivity contribution in [3.05, 3.63) is 35.4 Å². The number of aliphatic hydroxyl groups is 1. The molecule has 1 aromatic rings. The summed E-state index contributed by atoms with van der Waals surface area (Å²) in [5, 5.41) is 13.0. The standard InChI is InChI=1S/C17H27N3O2/c1-3-18-17(20-10-9-16(21)12-20)19-11-14-5-7-15(8-6-14)13-22-4-2/h5-8,16,21H,3-4,9-13H2,1-2H3,(H,18,19)/t16-/m1/s1. The van der Waals surface area contributed by atoms with Crippen LogP contribution in [0.3, 0.4) is 0 Å². The van der Waals surface area contributed by atoms with Crippen molar-refractivity contribution in [2.45, 2.75) is 39.5 Å². The summed E-state index contributed by atoms with van der Waals surface area (Å²) in [6.07, 6.45) is 0.581. The van der Waals surface area contributed by atoms with Gasteiger partial charge in [-0.05, 0) is 31.4 Å². The summed E-state index contributed by atoms with van der Waals surface area (Å²) in [6.45, 7) is 8.46. The van der Waals surface area contributed by atoms with E-state index < -0.39 is 0 Å². The van der Waals surface area contributed by atoms with Crippen LogP contribution in [-0.4, -0.2) is 48.3 Å². The minimum atomic E-state index is -0.235. The molecule has 1 aromatic carbocycles. The average molecular weight is 305 g/mol. The van der Waals surface area contributed by atoms with Gasteiger partial charge in [-0.15, -0.1) is 0 Å². The van der Waals surface area contributed by atoms with Crippen molar-refractivity contribution in [2.75, 3.05) is 26.2 Å². The molecule has 122 valence electrons. The highest BCUT2D eigenvalue weighted by molar-refractivity contribution is 5.80. The Balaban J connectivity index is 1.94. The van der Waals surface area contributed by atoms with Crippen molar-refractivity contribution in [3.8, 4) is 0 Å². The van der Waals surface area contributed by atoms with Crippen LogP contribution in [0.4, 0.5) is 0 Å². The number of rotatable bonds is 6. The van der Waals surface area contributed by atoms with Crippen LogP contribution < -0.4 is 5.32 Å². The summed E-state index contributed by atoms with van der Waals surface area (Å²) in [5.74, 6) is 0.887. The van der Waals surface area contributed by atoms with E-state index in [4.69, 9.17) is 4.74 Å². The van der Waals surface area contributed by atoms with Gasteiger partial charge in [-0.25, -0.2) is 4.99 Å². The van der Waals surface area contributed by atoms with Gasteiger partial charge in [0, 0.05) is 26.2 Å².